The van der Waals surface area contributed by atoms with Gasteiger partial charge in [-0.05, 0) is 17.5 Å². The Morgan fingerprint density at radius 1 is 0.944 bits per heavy atom. The van der Waals surface area contributed by atoms with Gasteiger partial charge in [-0.25, -0.2) is 0 Å². The fourth-order valence-corrected chi connectivity index (χ4v) is 2.03. The molecule has 0 aliphatic heterocycles. The molecule has 2 aromatic carbocycles. The summed E-state index contributed by atoms with van der Waals surface area (Å²) in [5.74, 6) is 0. The minimum absolute atomic E-state index is 0.179. The number of aldehydes is 1. The molecule has 92 valence electrons. The number of carbonyl (C=O) groups excluding carboxylic acids is 1. The Labute approximate surface area is 108 Å². The Bertz CT molecular complexity index is 467. The molecule has 1 unspecified atom stereocenters. The predicted molar refractivity (Wildman–Crippen MR) is 73.4 cm³/mol. The van der Waals surface area contributed by atoms with Crippen LogP contribution in [-0.2, 0) is 11.2 Å². The maximum absolute atomic E-state index is 10.5. The SMILES string of the molecule is O=CCNC(Cc1ccccc1)c1ccccc1. The van der Waals surface area contributed by atoms with E-state index in [-0.39, 0.29) is 6.04 Å². The average Bonchev–Trinajstić information content (AvgIpc) is 2.45. The first kappa shape index (κ1) is 12.5. The van der Waals surface area contributed by atoms with Crippen molar-refractivity contribution in [2.45, 2.75) is 12.5 Å². The fraction of sp³-hybridized carbons (Fsp3) is 0.188. The number of hydrogen-bond donors (Lipinski definition) is 1. The van der Waals surface area contributed by atoms with Crippen LogP contribution in [0, 0.1) is 0 Å². The zero-order valence-electron chi connectivity index (χ0n) is 10.3. The van der Waals surface area contributed by atoms with E-state index in [2.05, 4.69) is 29.6 Å². The van der Waals surface area contributed by atoms with Gasteiger partial charge in [-0.3, -0.25) is 0 Å². The summed E-state index contributed by atoms with van der Waals surface area (Å²) < 4.78 is 0. The first-order valence-electron chi connectivity index (χ1n) is 6.16. The lowest BCUT2D eigenvalue weighted by molar-refractivity contribution is -0.107. The van der Waals surface area contributed by atoms with Gasteiger partial charge in [-0.15, -0.1) is 0 Å². The molecule has 0 spiro atoms. The molecule has 0 aliphatic carbocycles. The quantitative estimate of drug-likeness (QED) is 0.785. The minimum Gasteiger partial charge on any atom is -0.303 e. The summed E-state index contributed by atoms with van der Waals surface area (Å²) in [5.41, 5.74) is 2.48. The first-order valence-corrected chi connectivity index (χ1v) is 6.16. The van der Waals surface area contributed by atoms with E-state index in [0.717, 1.165) is 12.7 Å². The van der Waals surface area contributed by atoms with Gasteiger partial charge in [0.1, 0.15) is 6.29 Å². The highest BCUT2D eigenvalue weighted by molar-refractivity contribution is 5.52. The molecule has 2 rings (SSSR count). The average molecular weight is 239 g/mol. The van der Waals surface area contributed by atoms with Crippen LogP contribution in [0.2, 0.25) is 0 Å². The van der Waals surface area contributed by atoms with E-state index >= 15 is 0 Å². The smallest absolute Gasteiger partial charge is 0.133 e. The van der Waals surface area contributed by atoms with E-state index in [9.17, 15) is 4.79 Å². The summed E-state index contributed by atoms with van der Waals surface area (Å²) in [6.45, 7) is 0.381. The normalized spacial score (nSPS) is 12.0. The molecule has 2 aromatic rings. The van der Waals surface area contributed by atoms with Crippen LogP contribution in [0.5, 0.6) is 0 Å². The maximum atomic E-state index is 10.5. The summed E-state index contributed by atoms with van der Waals surface area (Å²) in [4.78, 5) is 10.5. The van der Waals surface area contributed by atoms with Crippen molar-refractivity contribution in [3.05, 3.63) is 71.8 Å². The molecule has 1 atom stereocenters. The van der Waals surface area contributed by atoms with Crippen molar-refractivity contribution in [1.29, 1.82) is 0 Å². The van der Waals surface area contributed by atoms with Gasteiger partial charge in [-0.1, -0.05) is 60.7 Å². The molecule has 0 heterocycles. The number of rotatable bonds is 6. The molecule has 0 saturated carbocycles. The van der Waals surface area contributed by atoms with Gasteiger partial charge < -0.3 is 10.1 Å². The van der Waals surface area contributed by atoms with Crippen LogP contribution in [0.1, 0.15) is 17.2 Å². The highest BCUT2D eigenvalue weighted by Crippen LogP contribution is 2.17. The Balaban J connectivity index is 2.13. The largest absolute Gasteiger partial charge is 0.303 e. The monoisotopic (exact) mass is 239 g/mol. The molecule has 1 N–H and O–H groups in total. The van der Waals surface area contributed by atoms with Gasteiger partial charge in [0.15, 0.2) is 0 Å². The van der Waals surface area contributed by atoms with E-state index in [0.29, 0.717) is 6.54 Å². The molecule has 0 saturated heterocycles. The lowest BCUT2D eigenvalue weighted by Gasteiger charge is -2.18. The van der Waals surface area contributed by atoms with Crippen molar-refractivity contribution in [2.75, 3.05) is 6.54 Å². The molecule has 0 aromatic heterocycles. The predicted octanol–water partition coefficient (Wildman–Crippen LogP) is 2.76. The second kappa shape index (κ2) is 6.72. The lowest BCUT2D eigenvalue weighted by atomic mass is 9.99. The van der Waals surface area contributed by atoms with Crippen LogP contribution in [0.25, 0.3) is 0 Å². The number of carbonyl (C=O) groups is 1. The van der Waals surface area contributed by atoms with Crippen molar-refractivity contribution in [2.24, 2.45) is 0 Å². The lowest BCUT2D eigenvalue weighted by Crippen LogP contribution is -2.25. The molecule has 2 heteroatoms. The van der Waals surface area contributed by atoms with Gasteiger partial charge in [0.25, 0.3) is 0 Å². The van der Waals surface area contributed by atoms with E-state index in [1.807, 2.05) is 36.4 Å². The van der Waals surface area contributed by atoms with E-state index in [1.54, 1.807) is 0 Å². The highest BCUT2D eigenvalue weighted by Gasteiger charge is 2.10. The number of hydrogen-bond acceptors (Lipinski definition) is 2. The Morgan fingerprint density at radius 3 is 2.17 bits per heavy atom. The van der Waals surface area contributed by atoms with Crippen LogP contribution in [0.4, 0.5) is 0 Å². The summed E-state index contributed by atoms with van der Waals surface area (Å²) in [6.07, 6.45) is 1.79. The number of nitrogens with one attached hydrogen (secondary N) is 1. The Hall–Kier alpha value is -1.93. The molecular weight excluding hydrogens is 222 g/mol. The second-order valence-electron chi connectivity index (χ2n) is 4.23. The third kappa shape index (κ3) is 3.54. The molecule has 0 aliphatic rings. The topological polar surface area (TPSA) is 29.1 Å². The van der Waals surface area contributed by atoms with Gasteiger partial charge in [0.05, 0.1) is 6.54 Å². The van der Waals surface area contributed by atoms with Gasteiger partial charge >= 0.3 is 0 Å². The molecule has 0 radical (unpaired) electrons. The van der Waals surface area contributed by atoms with Crippen LogP contribution >= 0.6 is 0 Å². The summed E-state index contributed by atoms with van der Waals surface area (Å²) >= 11 is 0. The van der Waals surface area contributed by atoms with Crippen molar-refractivity contribution in [3.8, 4) is 0 Å². The van der Waals surface area contributed by atoms with E-state index in [1.165, 1.54) is 11.1 Å². The van der Waals surface area contributed by atoms with Crippen LogP contribution < -0.4 is 5.32 Å². The van der Waals surface area contributed by atoms with Crippen LogP contribution in [0.3, 0.4) is 0 Å². The first-order chi connectivity index (χ1) is 8.90. The van der Waals surface area contributed by atoms with Gasteiger partial charge in [-0.2, -0.15) is 0 Å². The minimum atomic E-state index is 0.179. The summed E-state index contributed by atoms with van der Waals surface area (Å²) in [7, 11) is 0. The Kier molecular flexibility index (Phi) is 4.68. The van der Waals surface area contributed by atoms with Gasteiger partial charge in [0.2, 0.25) is 0 Å². The third-order valence-electron chi connectivity index (χ3n) is 2.93. The molecule has 2 nitrogen and oxygen atoms in total. The van der Waals surface area contributed by atoms with Crippen molar-refractivity contribution >= 4 is 6.29 Å². The second-order valence-corrected chi connectivity index (χ2v) is 4.23. The van der Waals surface area contributed by atoms with E-state index in [4.69, 9.17) is 0 Å². The molecular formula is C16H17NO. The summed E-state index contributed by atoms with van der Waals surface area (Å²) in [6, 6.07) is 20.7. The zero-order chi connectivity index (χ0) is 12.6. The molecule has 0 bridgehead atoms. The van der Waals surface area contributed by atoms with Crippen LogP contribution in [0.15, 0.2) is 60.7 Å². The Morgan fingerprint density at radius 2 is 1.56 bits per heavy atom. The standard InChI is InChI=1S/C16H17NO/c18-12-11-17-16(15-9-5-2-6-10-15)13-14-7-3-1-4-8-14/h1-10,12,16-17H,11,13H2. The molecule has 0 amide bonds. The maximum Gasteiger partial charge on any atom is 0.133 e. The fourth-order valence-electron chi connectivity index (χ4n) is 2.03. The van der Waals surface area contributed by atoms with E-state index < -0.39 is 0 Å². The van der Waals surface area contributed by atoms with Crippen molar-refractivity contribution < 1.29 is 4.79 Å². The summed E-state index contributed by atoms with van der Waals surface area (Å²) in [5, 5.41) is 3.27. The van der Waals surface area contributed by atoms with Crippen LogP contribution in [-0.4, -0.2) is 12.8 Å². The third-order valence-corrected chi connectivity index (χ3v) is 2.93. The zero-order valence-corrected chi connectivity index (χ0v) is 10.3. The molecule has 0 fully saturated rings. The molecule has 18 heavy (non-hydrogen) atoms. The van der Waals surface area contributed by atoms with Crippen molar-refractivity contribution in [3.63, 3.8) is 0 Å². The van der Waals surface area contributed by atoms with Crippen molar-refractivity contribution in [1.82, 2.24) is 5.32 Å². The highest BCUT2D eigenvalue weighted by atomic mass is 16.1. The van der Waals surface area contributed by atoms with Gasteiger partial charge in [0, 0.05) is 6.04 Å². The number of benzene rings is 2.